The van der Waals surface area contributed by atoms with E-state index < -0.39 is 29.0 Å². The van der Waals surface area contributed by atoms with Crippen LogP contribution >= 0.6 is 0 Å². The van der Waals surface area contributed by atoms with E-state index in [4.69, 9.17) is 5.26 Å². The maximum atomic E-state index is 13.6. The molecule has 3 rings (SSSR count). The van der Waals surface area contributed by atoms with Crippen LogP contribution in [-0.2, 0) is 9.59 Å². The lowest BCUT2D eigenvalue weighted by Gasteiger charge is -2.24. The lowest BCUT2D eigenvalue weighted by atomic mass is 9.81. The largest absolute Gasteiger partial charge is 0.481 e. The summed E-state index contributed by atoms with van der Waals surface area (Å²) in [5.41, 5.74) is -1.44. The Balaban J connectivity index is 1.90. The second kappa shape index (κ2) is 6.26. The van der Waals surface area contributed by atoms with Gasteiger partial charge in [0.05, 0.1) is 17.6 Å². The number of halogens is 1. The van der Waals surface area contributed by atoms with Gasteiger partial charge in [0.2, 0.25) is 5.91 Å². The zero-order valence-corrected chi connectivity index (χ0v) is 13.8. The lowest BCUT2D eigenvalue weighted by Crippen LogP contribution is -2.42. The van der Waals surface area contributed by atoms with Crippen molar-refractivity contribution in [1.29, 1.82) is 5.26 Å². The molecule has 2 heterocycles. The lowest BCUT2D eigenvalue weighted by molar-refractivity contribution is -0.149. The molecule has 7 nitrogen and oxygen atoms in total. The van der Waals surface area contributed by atoms with Crippen LogP contribution in [0.5, 0.6) is 0 Å². The fraction of sp³-hybridized carbons (Fsp3) is 0.333. The summed E-state index contributed by atoms with van der Waals surface area (Å²) in [4.78, 5) is 39.8. The van der Waals surface area contributed by atoms with E-state index in [1.54, 1.807) is 6.07 Å². The van der Waals surface area contributed by atoms with E-state index in [0.717, 1.165) is 12.1 Å². The molecule has 2 amide bonds. The molecule has 2 atom stereocenters. The summed E-state index contributed by atoms with van der Waals surface area (Å²) in [6.45, 7) is 3.59. The van der Waals surface area contributed by atoms with Gasteiger partial charge in [0, 0.05) is 31.7 Å². The number of fused-ring (bicyclic) bond motifs is 1. The van der Waals surface area contributed by atoms with Gasteiger partial charge in [-0.3, -0.25) is 14.4 Å². The van der Waals surface area contributed by atoms with Crippen molar-refractivity contribution < 1.29 is 23.9 Å². The van der Waals surface area contributed by atoms with Gasteiger partial charge in [0.25, 0.3) is 5.91 Å². The van der Waals surface area contributed by atoms with E-state index in [-0.39, 0.29) is 43.2 Å². The average molecular weight is 357 g/mol. The fourth-order valence-corrected chi connectivity index (χ4v) is 3.73. The highest BCUT2D eigenvalue weighted by Crippen LogP contribution is 2.44. The molecule has 8 heteroatoms. The van der Waals surface area contributed by atoms with Gasteiger partial charge in [-0.25, -0.2) is 4.39 Å². The highest BCUT2D eigenvalue weighted by atomic mass is 19.1. The van der Waals surface area contributed by atoms with Gasteiger partial charge in [-0.1, -0.05) is 6.08 Å². The maximum Gasteiger partial charge on any atom is 0.314 e. The summed E-state index contributed by atoms with van der Waals surface area (Å²) < 4.78 is 13.6. The Bertz CT molecular complexity index is 862. The molecule has 0 unspecified atom stereocenters. The molecule has 1 N–H and O–H groups in total. The van der Waals surface area contributed by atoms with Crippen molar-refractivity contribution in [2.45, 2.75) is 0 Å². The number of benzene rings is 1. The van der Waals surface area contributed by atoms with E-state index in [0.29, 0.717) is 0 Å². The molecule has 0 aliphatic carbocycles. The Morgan fingerprint density at radius 3 is 2.73 bits per heavy atom. The SMILES string of the molecule is C=CCN1C[C@]2(C(=O)O)CN(C(=O)c3cc(F)cc(C#N)c3)C[C@@H]2C1=O. The first-order valence-electron chi connectivity index (χ1n) is 7.95. The standard InChI is InChI=1S/C18H16FN3O4/c1-2-3-21-9-18(17(25)26)10-22(8-14(18)16(21)24)15(23)12-4-11(7-20)5-13(19)6-12/h2,4-6,14H,1,3,8-10H2,(H,25,26)/t14-,18+/m1/s1. The van der Waals surface area contributed by atoms with Gasteiger partial charge < -0.3 is 14.9 Å². The van der Waals surface area contributed by atoms with E-state index in [2.05, 4.69) is 6.58 Å². The number of aliphatic carboxylic acids is 1. The molecule has 134 valence electrons. The van der Waals surface area contributed by atoms with Crippen LogP contribution in [0, 0.1) is 28.5 Å². The third kappa shape index (κ3) is 2.62. The van der Waals surface area contributed by atoms with Gasteiger partial charge >= 0.3 is 5.97 Å². The quantitative estimate of drug-likeness (QED) is 0.806. The van der Waals surface area contributed by atoms with E-state index >= 15 is 0 Å². The highest BCUT2D eigenvalue weighted by Gasteiger charge is 2.62. The minimum atomic E-state index is -1.39. The van der Waals surface area contributed by atoms with Gasteiger partial charge in [0.1, 0.15) is 11.2 Å². The van der Waals surface area contributed by atoms with Crippen molar-refractivity contribution in [3.8, 4) is 6.07 Å². The first-order chi connectivity index (χ1) is 12.3. The van der Waals surface area contributed by atoms with Crippen molar-refractivity contribution >= 4 is 17.8 Å². The summed E-state index contributed by atoms with van der Waals surface area (Å²) in [5, 5.41) is 18.6. The number of carbonyl (C=O) groups excluding carboxylic acids is 2. The maximum absolute atomic E-state index is 13.6. The van der Waals surface area contributed by atoms with Crippen LogP contribution in [-0.4, -0.2) is 58.9 Å². The molecule has 1 aromatic carbocycles. The van der Waals surface area contributed by atoms with Crippen LogP contribution in [0.15, 0.2) is 30.9 Å². The zero-order valence-electron chi connectivity index (χ0n) is 13.8. The third-order valence-corrected chi connectivity index (χ3v) is 4.96. The first-order valence-corrected chi connectivity index (χ1v) is 7.95. The number of carbonyl (C=O) groups is 3. The average Bonchev–Trinajstić information content (AvgIpc) is 3.11. The van der Waals surface area contributed by atoms with Crippen molar-refractivity contribution in [2.24, 2.45) is 11.3 Å². The van der Waals surface area contributed by atoms with Crippen LogP contribution in [0.25, 0.3) is 0 Å². The van der Waals surface area contributed by atoms with Crippen molar-refractivity contribution in [3.05, 3.63) is 47.8 Å². The van der Waals surface area contributed by atoms with Crippen LogP contribution in [0.2, 0.25) is 0 Å². The predicted octanol–water partition coefficient (Wildman–Crippen LogP) is 0.869. The van der Waals surface area contributed by atoms with Crippen LogP contribution in [0.3, 0.4) is 0 Å². The number of carboxylic acids is 1. The van der Waals surface area contributed by atoms with Crippen LogP contribution in [0.4, 0.5) is 4.39 Å². The van der Waals surface area contributed by atoms with Gasteiger partial charge in [-0.15, -0.1) is 6.58 Å². The summed E-state index contributed by atoms with van der Waals surface area (Å²) >= 11 is 0. The smallest absolute Gasteiger partial charge is 0.314 e. The molecule has 1 aromatic rings. The van der Waals surface area contributed by atoms with Crippen molar-refractivity contribution in [1.82, 2.24) is 9.80 Å². The Hall–Kier alpha value is -3.21. The molecule has 2 saturated heterocycles. The third-order valence-electron chi connectivity index (χ3n) is 4.96. The monoisotopic (exact) mass is 357 g/mol. The molecule has 2 aliphatic heterocycles. The number of rotatable bonds is 4. The molecule has 0 bridgehead atoms. The summed E-state index contributed by atoms with van der Waals surface area (Å²) in [6.07, 6.45) is 1.52. The Morgan fingerprint density at radius 1 is 1.42 bits per heavy atom. The van der Waals surface area contributed by atoms with Crippen LogP contribution < -0.4 is 0 Å². The summed E-state index contributed by atoms with van der Waals surface area (Å²) in [5.74, 6) is -3.66. The second-order valence-corrected chi connectivity index (χ2v) is 6.55. The van der Waals surface area contributed by atoms with Crippen molar-refractivity contribution in [2.75, 3.05) is 26.2 Å². The molecule has 0 spiro atoms. The number of nitrogens with zero attached hydrogens (tertiary/aromatic N) is 3. The predicted molar refractivity (Wildman–Crippen MR) is 87.4 cm³/mol. The molecule has 0 aromatic heterocycles. The minimum absolute atomic E-state index is 0.00563. The Labute approximate surface area is 148 Å². The number of likely N-dealkylation sites (tertiary alicyclic amines) is 2. The molecule has 26 heavy (non-hydrogen) atoms. The minimum Gasteiger partial charge on any atom is -0.481 e. The zero-order chi connectivity index (χ0) is 19.1. The van der Waals surface area contributed by atoms with Crippen LogP contribution in [0.1, 0.15) is 15.9 Å². The van der Waals surface area contributed by atoms with E-state index in [9.17, 15) is 23.9 Å². The fourth-order valence-electron chi connectivity index (χ4n) is 3.73. The summed E-state index contributed by atoms with van der Waals surface area (Å²) in [7, 11) is 0. The Morgan fingerprint density at radius 2 is 2.15 bits per heavy atom. The first kappa shape index (κ1) is 17.6. The molecule has 0 saturated carbocycles. The number of hydrogen-bond donors (Lipinski definition) is 1. The second-order valence-electron chi connectivity index (χ2n) is 6.55. The number of amides is 2. The summed E-state index contributed by atoms with van der Waals surface area (Å²) in [6, 6.07) is 5.02. The normalized spacial score (nSPS) is 24.3. The van der Waals surface area contributed by atoms with Gasteiger partial charge in [-0.05, 0) is 18.2 Å². The number of carboxylic acid groups (broad SMARTS) is 1. The molecule has 2 aliphatic rings. The molecule has 0 radical (unpaired) electrons. The van der Waals surface area contributed by atoms with E-state index in [1.165, 1.54) is 21.9 Å². The van der Waals surface area contributed by atoms with Gasteiger partial charge in [0.15, 0.2) is 0 Å². The number of hydrogen-bond acceptors (Lipinski definition) is 4. The van der Waals surface area contributed by atoms with E-state index in [1.807, 2.05) is 0 Å². The number of nitriles is 1. The van der Waals surface area contributed by atoms with Crippen molar-refractivity contribution in [3.63, 3.8) is 0 Å². The molecular weight excluding hydrogens is 341 g/mol. The topological polar surface area (TPSA) is 102 Å². The molecule has 2 fully saturated rings. The molecular formula is C18H16FN3O4. The highest BCUT2D eigenvalue weighted by molar-refractivity contribution is 5.98. The Kier molecular flexibility index (Phi) is 4.24. The van der Waals surface area contributed by atoms with Gasteiger partial charge in [-0.2, -0.15) is 5.26 Å².